The highest BCUT2D eigenvalue weighted by molar-refractivity contribution is 6.31. The van der Waals surface area contributed by atoms with Gasteiger partial charge in [0, 0.05) is 37.1 Å². The van der Waals surface area contributed by atoms with Gasteiger partial charge >= 0.3 is 0 Å². The van der Waals surface area contributed by atoms with E-state index in [9.17, 15) is 14.0 Å². The number of likely N-dealkylation sites (N-methyl/N-ethyl adjacent to an activating group) is 1. The third-order valence-corrected chi connectivity index (χ3v) is 4.73. The van der Waals surface area contributed by atoms with Gasteiger partial charge in [-0.15, -0.1) is 0 Å². The zero-order valence-electron chi connectivity index (χ0n) is 15.3. The summed E-state index contributed by atoms with van der Waals surface area (Å²) in [5.41, 5.74) is 0.172. The molecule has 1 aromatic rings. The molecule has 6 heteroatoms. The Balaban J connectivity index is 2.09. The van der Waals surface area contributed by atoms with Crippen LogP contribution in [0.5, 0.6) is 0 Å². The highest BCUT2D eigenvalue weighted by Crippen LogP contribution is 2.26. The fourth-order valence-corrected chi connectivity index (χ4v) is 3.35. The second kappa shape index (κ2) is 7.73. The van der Waals surface area contributed by atoms with E-state index in [2.05, 4.69) is 0 Å². The molecule has 25 heavy (non-hydrogen) atoms. The number of nitrogens with zero attached hydrogens (tertiary/aromatic N) is 2. The van der Waals surface area contributed by atoms with Gasteiger partial charge in [-0.05, 0) is 30.4 Å². The van der Waals surface area contributed by atoms with Gasteiger partial charge in [-0.1, -0.05) is 38.4 Å². The standard InChI is InChI=1S/C19H26ClFN2O2/c1-19(2,3)11-17(24)23-10-6-9-16(23)18(25)22(4)12-13-14(20)7-5-8-15(13)21/h5,7-8,16H,6,9-12H2,1-4H3. The van der Waals surface area contributed by atoms with E-state index in [4.69, 9.17) is 11.6 Å². The van der Waals surface area contributed by atoms with Crippen molar-refractivity contribution in [1.29, 1.82) is 0 Å². The SMILES string of the molecule is CN(Cc1c(F)cccc1Cl)C(=O)C1CCCN1C(=O)CC(C)(C)C. The molecule has 2 amide bonds. The zero-order chi connectivity index (χ0) is 18.8. The summed E-state index contributed by atoms with van der Waals surface area (Å²) < 4.78 is 14.0. The average Bonchev–Trinajstić information content (AvgIpc) is 2.98. The fraction of sp³-hybridized carbons (Fsp3) is 0.579. The smallest absolute Gasteiger partial charge is 0.245 e. The Kier molecular flexibility index (Phi) is 6.09. The maximum Gasteiger partial charge on any atom is 0.245 e. The van der Waals surface area contributed by atoms with Crippen molar-refractivity contribution in [2.45, 2.75) is 52.6 Å². The summed E-state index contributed by atoms with van der Waals surface area (Å²) in [7, 11) is 1.62. The summed E-state index contributed by atoms with van der Waals surface area (Å²) in [5.74, 6) is -0.598. The number of likely N-dealkylation sites (tertiary alicyclic amines) is 1. The topological polar surface area (TPSA) is 40.6 Å². The van der Waals surface area contributed by atoms with Gasteiger partial charge in [0.2, 0.25) is 11.8 Å². The van der Waals surface area contributed by atoms with Crippen LogP contribution in [0.2, 0.25) is 5.02 Å². The van der Waals surface area contributed by atoms with Crippen molar-refractivity contribution >= 4 is 23.4 Å². The van der Waals surface area contributed by atoms with E-state index in [0.717, 1.165) is 6.42 Å². The number of carbonyl (C=O) groups is 2. The summed E-state index contributed by atoms with van der Waals surface area (Å²) in [6.07, 6.45) is 1.85. The molecule has 1 aliphatic rings. The number of rotatable bonds is 4. The van der Waals surface area contributed by atoms with Gasteiger partial charge in [-0.3, -0.25) is 9.59 Å². The van der Waals surface area contributed by atoms with E-state index < -0.39 is 11.9 Å². The Bertz CT molecular complexity index is 637. The molecule has 0 saturated carbocycles. The predicted octanol–water partition coefficient (Wildman–Crippen LogP) is 3.86. The van der Waals surface area contributed by atoms with Crippen LogP contribution in [0.3, 0.4) is 0 Å². The van der Waals surface area contributed by atoms with Gasteiger partial charge in [0.1, 0.15) is 11.9 Å². The molecule has 1 heterocycles. The van der Waals surface area contributed by atoms with Gasteiger partial charge in [-0.25, -0.2) is 4.39 Å². The van der Waals surface area contributed by atoms with E-state index in [-0.39, 0.29) is 23.8 Å². The normalized spacial score (nSPS) is 17.7. The Morgan fingerprint density at radius 3 is 2.64 bits per heavy atom. The van der Waals surface area contributed by atoms with E-state index in [1.807, 2.05) is 20.8 Å². The fourth-order valence-electron chi connectivity index (χ4n) is 3.13. The van der Waals surface area contributed by atoms with Crippen LogP contribution in [0.25, 0.3) is 0 Å². The lowest BCUT2D eigenvalue weighted by molar-refractivity contribution is -0.144. The molecular formula is C19H26ClFN2O2. The molecule has 0 aliphatic carbocycles. The van der Waals surface area contributed by atoms with Gasteiger partial charge in [-0.2, -0.15) is 0 Å². The van der Waals surface area contributed by atoms with E-state index in [1.54, 1.807) is 18.0 Å². The Morgan fingerprint density at radius 1 is 1.36 bits per heavy atom. The van der Waals surface area contributed by atoms with Crippen LogP contribution < -0.4 is 0 Å². The molecule has 1 aromatic carbocycles. The summed E-state index contributed by atoms with van der Waals surface area (Å²) in [4.78, 5) is 28.5. The molecule has 1 aliphatic heterocycles. The van der Waals surface area contributed by atoms with Crippen molar-refractivity contribution < 1.29 is 14.0 Å². The van der Waals surface area contributed by atoms with Crippen molar-refractivity contribution in [2.75, 3.05) is 13.6 Å². The molecule has 1 fully saturated rings. The maximum atomic E-state index is 14.0. The quantitative estimate of drug-likeness (QED) is 0.809. The molecule has 0 aromatic heterocycles. The molecule has 0 spiro atoms. The zero-order valence-corrected chi connectivity index (χ0v) is 16.1. The average molecular weight is 369 g/mol. The molecule has 0 bridgehead atoms. The van der Waals surface area contributed by atoms with E-state index in [1.165, 1.54) is 17.0 Å². The lowest BCUT2D eigenvalue weighted by Gasteiger charge is -2.30. The second-order valence-electron chi connectivity index (χ2n) is 7.88. The van der Waals surface area contributed by atoms with Crippen LogP contribution in [0.1, 0.15) is 45.6 Å². The summed E-state index contributed by atoms with van der Waals surface area (Å²) in [5, 5.41) is 0.298. The van der Waals surface area contributed by atoms with Crippen LogP contribution in [-0.4, -0.2) is 41.2 Å². The van der Waals surface area contributed by atoms with Crippen molar-refractivity contribution in [3.8, 4) is 0 Å². The number of carbonyl (C=O) groups excluding carboxylic acids is 2. The number of hydrogen-bond acceptors (Lipinski definition) is 2. The lowest BCUT2D eigenvalue weighted by Crippen LogP contribution is -2.47. The summed E-state index contributed by atoms with van der Waals surface area (Å²) in [6, 6.07) is 4.00. The number of halogens is 2. The number of hydrogen-bond donors (Lipinski definition) is 0. The lowest BCUT2D eigenvalue weighted by atomic mass is 9.91. The molecular weight excluding hydrogens is 343 g/mol. The predicted molar refractivity (Wildman–Crippen MR) is 96.7 cm³/mol. The third-order valence-electron chi connectivity index (χ3n) is 4.37. The highest BCUT2D eigenvalue weighted by atomic mass is 35.5. The molecule has 4 nitrogen and oxygen atoms in total. The van der Waals surface area contributed by atoms with Gasteiger partial charge < -0.3 is 9.80 Å². The monoisotopic (exact) mass is 368 g/mol. The first-order chi connectivity index (χ1) is 11.6. The molecule has 0 N–H and O–H groups in total. The largest absolute Gasteiger partial charge is 0.339 e. The maximum absolute atomic E-state index is 14.0. The number of benzene rings is 1. The minimum Gasteiger partial charge on any atom is -0.339 e. The van der Waals surface area contributed by atoms with Crippen LogP contribution in [0.4, 0.5) is 4.39 Å². The molecule has 0 radical (unpaired) electrons. The van der Waals surface area contributed by atoms with E-state index in [0.29, 0.717) is 30.0 Å². The molecule has 2 rings (SSSR count). The van der Waals surface area contributed by atoms with E-state index >= 15 is 0 Å². The van der Waals surface area contributed by atoms with Crippen LogP contribution in [-0.2, 0) is 16.1 Å². The van der Waals surface area contributed by atoms with Crippen molar-refractivity contribution in [2.24, 2.45) is 5.41 Å². The highest BCUT2D eigenvalue weighted by Gasteiger charge is 2.36. The Labute approximate surface area is 153 Å². The molecule has 1 saturated heterocycles. The van der Waals surface area contributed by atoms with Gasteiger partial charge in [0.15, 0.2) is 0 Å². The minimum atomic E-state index is -0.467. The molecule has 1 unspecified atom stereocenters. The van der Waals surface area contributed by atoms with Gasteiger partial charge in [0.05, 0.1) is 0 Å². The van der Waals surface area contributed by atoms with Crippen molar-refractivity contribution in [1.82, 2.24) is 9.80 Å². The van der Waals surface area contributed by atoms with Crippen LogP contribution in [0.15, 0.2) is 18.2 Å². The first kappa shape index (κ1) is 19.7. The third kappa shape index (κ3) is 4.94. The molecule has 1 atom stereocenters. The number of amides is 2. The molecule has 138 valence electrons. The first-order valence-corrected chi connectivity index (χ1v) is 8.95. The van der Waals surface area contributed by atoms with Crippen LogP contribution >= 0.6 is 11.6 Å². The Hall–Kier alpha value is -1.62. The second-order valence-corrected chi connectivity index (χ2v) is 8.28. The Morgan fingerprint density at radius 2 is 2.04 bits per heavy atom. The van der Waals surface area contributed by atoms with Gasteiger partial charge in [0.25, 0.3) is 0 Å². The summed E-state index contributed by atoms with van der Waals surface area (Å²) >= 11 is 6.05. The van der Waals surface area contributed by atoms with Crippen LogP contribution in [0, 0.1) is 11.2 Å². The van der Waals surface area contributed by atoms with Crippen molar-refractivity contribution in [3.05, 3.63) is 34.6 Å². The first-order valence-electron chi connectivity index (χ1n) is 8.57. The summed E-state index contributed by atoms with van der Waals surface area (Å²) in [6.45, 7) is 6.69. The minimum absolute atomic E-state index is 0.000624. The van der Waals surface area contributed by atoms with Crippen molar-refractivity contribution in [3.63, 3.8) is 0 Å².